The van der Waals surface area contributed by atoms with Crippen LogP contribution in [0.5, 0.6) is 0 Å². The van der Waals surface area contributed by atoms with E-state index in [-0.39, 0.29) is 25.0 Å². The van der Waals surface area contributed by atoms with Gasteiger partial charge in [0.25, 0.3) is 0 Å². The molecule has 6 aliphatic rings. The summed E-state index contributed by atoms with van der Waals surface area (Å²) in [6.07, 6.45) is -5.50. The molecular weight excluding hydrogens is 586 g/mol. The molecule has 5 aliphatic carbocycles. The number of benzene rings is 1. The van der Waals surface area contributed by atoms with Gasteiger partial charge in [-0.2, -0.15) is 0 Å². The van der Waals surface area contributed by atoms with Gasteiger partial charge in [0, 0.05) is 83.0 Å². The molecule has 12 heteroatoms. The predicted octanol–water partition coefficient (Wildman–Crippen LogP) is 0.258. The molecule has 0 aromatic heterocycles. The number of ether oxygens (including phenoxy) is 6. The molecule has 248 valence electrons. The topological polar surface area (TPSA) is 153 Å². The molecule has 1 aromatic carbocycles. The summed E-state index contributed by atoms with van der Waals surface area (Å²) in [7, 11) is 8.20. The number of nitrogens with zero attached hydrogens (tertiary/aromatic N) is 1. The number of likely N-dealkylation sites (tertiary alicyclic amines) is 1. The van der Waals surface area contributed by atoms with Crippen molar-refractivity contribution in [3.8, 4) is 0 Å². The summed E-state index contributed by atoms with van der Waals surface area (Å²) in [5, 5.41) is 37.0. The minimum Gasteiger partial charge on any atom is -0.455 e. The van der Waals surface area contributed by atoms with E-state index < -0.39 is 88.3 Å². The largest absolute Gasteiger partial charge is 0.455 e. The van der Waals surface area contributed by atoms with Crippen LogP contribution in [0.3, 0.4) is 0 Å². The van der Waals surface area contributed by atoms with Crippen molar-refractivity contribution < 1.29 is 53.3 Å². The zero-order valence-electron chi connectivity index (χ0n) is 26.6. The number of piperidine rings is 1. The minimum atomic E-state index is -1.83. The second-order valence-electron chi connectivity index (χ2n) is 14.3. The Hall–Kier alpha value is -2.16. The molecule has 7 bridgehead atoms. The van der Waals surface area contributed by atoms with Gasteiger partial charge >= 0.3 is 11.9 Å². The van der Waals surface area contributed by atoms with Crippen molar-refractivity contribution in [3.05, 3.63) is 35.9 Å². The number of methoxy groups -OCH3 is 4. The Bertz CT molecular complexity index is 1350. The summed E-state index contributed by atoms with van der Waals surface area (Å²) in [5.41, 5.74) is -4.79. The lowest BCUT2D eigenvalue weighted by molar-refractivity contribution is -0.321. The highest BCUT2D eigenvalue weighted by molar-refractivity contribution is 5.89. The summed E-state index contributed by atoms with van der Waals surface area (Å²) >= 11 is 0. The van der Waals surface area contributed by atoms with Gasteiger partial charge in [-0.15, -0.1) is 0 Å². The molecule has 12 nitrogen and oxygen atoms in total. The SMILES string of the molecule is COC[C@]12CN(C)[C@@H]3[C@@H]4[C@H](OC)[C@H]1[C@@]3([C@@H](OC)CC2O)[C@@H]1C[C@]2(O)[C@H](OC(=O)c3ccccc3)[C@@H]1[C@]4(OC(C)=O)[C@@H](O)[C@@H]2OC. The number of hydrogen-bond donors (Lipinski definition) is 3. The Kier molecular flexibility index (Phi) is 7.28. The van der Waals surface area contributed by atoms with Crippen LogP contribution in [0.1, 0.15) is 30.1 Å². The first-order chi connectivity index (χ1) is 21.4. The average molecular weight is 632 g/mol. The molecule has 1 saturated heterocycles. The van der Waals surface area contributed by atoms with E-state index in [0.29, 0.717) is 18.5 Å². The van der Waals surface area contributed by atoms with Crippen molar-refractivity contribution in [2.75, 3.05) is 48.6 Å². The van der Waals surface area contributed by atoms with Gasteiger partial charge in [-0.05, 0) is 31.5 Å². The maximum atomic E-state index is 13.7. The summed E-state index contributed by atoms with van der Waals surface area (Å²) < 4.78 is 37.2. The number of carbonyl (C=O) groups excluding carboxylic acids is 2. The first-order valence-electron chi connectivity index (χ1n) is 15.8. The van der Waals surface area contributed by atoms with Gasteiger partial charge in [0.05, 0.1) is 30.5 Å². The number of hydrogen-bond acceptors (Lipinski definition) is 12. The third-order valence-corrected chi connectivity index (χ3v) is 12.9. The number of esters is 2. The second kappa shape index (κ2) is 10.4. The third kappa shape index (κ3) is 3.55. The van der Waals surface area contributed by atoms with Crippen LogP contribution < -0.4 is 0 Å². The quantitative estimate of drug-likeness (QED) is 0.337. The fourth-order valence-electron chi connectivity index (χ4n) is 12.2. The van der Waals surface area contributed by atoms with Gasteiger partial charge < -0.3 is 48.6 Å². The van der Waals surface area contributed by atoms with Crippen LogP contribution in [0.2, 0.25) is 0 Å². The Balaban J connectivity index is 1.52. The van der Waals surface area contributed by atoms with Crippen LogP contribution in [-0.4, -0.2) is 135 Å². The standard InChI is InChI=1S/C33H45NO11/c1-16(35)45-33-21-18(13-31(39,28(43-6)26(33)37)27(21)44-29(38)17-10-8-7-9-11-17)32-20(41-4)12-19(36)30(15-40-3)14-34(2)25(32)22(33)23(42-5)24(30)32/h7-11,18-28,36-37,39H,12-15H2,1-6H3/t18-,19?,20+,21-,22+,23+,24-,25-,26+,27-,28+,30+,31+,32+,33-/m1/s1. The van der Waals surface area contributed by atoms with E-state index >= 15 is 0 Å². The maximum absolute atomic E-state index is 13.7. The van der Waals surface area contributed by atoms with Crippen LogP contribution in [0.25, 0.3) is 0 Å². The molecule has 0 amide bonds. The molecule has 3 N–H and O–H groups in total. The highest BCUT2D eigenvalue weighted by atomic mass is 16.6. The lowest BCUT2D eigenvalue weighted by Gasteiger charge is -2.70. The second-order valence-corrected chi connectivity index (χ2v) is 14.3. The zero-order chi connectivity index (χ0) is 32.3. The fourth-order valence-corrected chi connectivity index (χ4v) is 12.2. The Morgan fingerprint density at radius 3 is 2.31 bits per heavy atom. The molecule has 0 radical (unpaired) electrons. The molecule has 1 aromatic rings. The summed E-state index contributed by atoms with van der Waals surface area (Å²) in [5.74, 6) is -3.66. The van der Waals surface area contributed by atoms with Gasteiger partial charge in [-0.3, -0.25) is 4.79 Å². The van der Waals surface area contributed by atoms with Crippen molar-refractivity contribution in [2.24, 2.45) is 34.5 Å². The van der Waals surface area contributed by atoms with Gasteiger partial charge in [0.15, 0.2) is 5.60 Å². The highest BCUT2D eigenvalue weighted by Gasteiger charge is 2.92. The van der Waals surface area contributed by atoms with E-state index in [4.69, 9.17) is 28.4 Å². The lowest BCUT2D eigenvalue weighted by atomic mass is 9.42. The number of fused-ring (bicyclic) bond motifs is 2. The summed E-state index contributed by atoms with van der Waals surface area (Å²) in [6, 6.07) is 8.15. The molecule has 45 heavy (non-hydrogen) atoms. The molecule has 1 heterocycles. The van der Waals surface area contributed by atoms with Gasteiger partial charge in [0.1, 0.15) is 23.9 Å². The molecule has 7 rings (SSSR count). The molecule has 1 aliphatic heterocycles. The zero-order valence-corrected chi connectivity index (χ0v) is 26.6. The first kappa shape index (κ1) is 31.4. The molecular formula is C33H45NO11. The Labute approximate surface area is 262 Å². The number of carbonyl (C=O) groups is 2. The van der Waals surface area contributed by atoms with E-state index in [1.165, 1.54) is 14.0 Å². The number of aliphatic hydroxyl groups excluding tert-OH is 2. The number of rotatable bonds is 8. The molecule has 1 spiro atoms. The van der Waals surface area contributed by atoms with Crippen LogP contribution >= 0.6 is 0 Å². The molecule has 6 fully saturated rings. The van der Waals surface area contributed by atoms with Crippen molar-refractivity contribution in [3.63, 3.8) is 0 Å². The minimum absolute atomic E-state index is 0.0754. The van der Waals surface area contributed by atoms with E-state index in [1.807, 2.05) is 7.05 Å². The van der Waals surface area contributed by atoms with E-state index in [2.05, 4.69) is 4.90 Å². The third-order valence-electron chi connectivity index (χ3n) is 12.9. The normalized spacial score (nSPS) is 50.7. The fraction of sp³-hybridized carbons (Fsp3) is 0.758. The van der Waals surface area contributed by atoms with E-state index in [1.54, 1.807) is 51.7 Å². The smallest absolute Gasteiger partial charge is 0.338 e. The molecule has 5 saturated carbocycles. The monoisotopic (exact) mass is 631 g/mol. The van der Waals surface area contributed by atoms with Crippen molar-refractivity contribution in [2.45, 2.75) is 73.6 Å². The summed E-state index contributed by atoms with van der Waals surface area (Å²) in [4.78, 5) is 29.1. The van der Waals surface area contributed by atoms with E-state index in [9.17, 15) is 24.9 Å². The van der Waals surface area contributed by atoms with Gasteiger partial charge in [-0.25, -0.2) is 4.79 Å². The predicted molar refractivity (Wildman–Crippen MR) is 156 cm³/mol. The van der Waals surface area contributed by atoms with Crippen molar-refractivity contribution >= 4 is 11.9 Å². The van der Waals surface area contributed by atoms with E-state index in [0.717, 1.165) is 0 Å². The summed E-state index contributed by atoms with van der Waals surface area (Å²) in [6.45, 7) is 2.00. The van der Waals surface area contributed by atoms with Crippen LogP contribution in [0.15, 0.2) is 30.3 Å². The lowest BCUT2D eigenvalue weighted by Crippen LogP contribution is -2.81. The molecule has 15 atom stereocenters. The molecule has 1 unspecified atom stereocenters. The van der Waals surface area contributed by atoms with Crippen molar-refractivity contribution in [1.29, 1.82) is 0 Å². The average Bonchev–Trinajstić information content (AvgIpc) is 3.40. The Morgan fingerprint density at radius 1 is 1.00 bits per heavy atom. The van der Waals surface area contributed by atoms with Gasteiger partial charge in [-0.1, -0.05) is 18.2 Å². The van der Waals surface area contributed by atoms with Gasteiger partial charge in [0.2, 0.25) is 0 Å². The Morgan fingerprint density at radius 2 is 1.71 bits per heavy atom. The first-order valence-corrected chi connectivity index (χ1v) is 15.8. The maximum Gasteiger partial charge on any atom is 0.338 e. The van der Waals surface area contributed by atoms with Crippen LogP contribution in [0, 0.1) is 34.5 Å². The van der Waals surface area contributed by atoms with Crippen molar-refractivity contribution in [1.82, 2.24) is 4.90 Å². The van der Waals surface area contributed by atoms with Crippen LogP contribution in [-0.2, 0) is 33.2 Å². The highest BCUT2D eigenvalue weighted by Crippen LogP contribution is 2.80. The van der Waals surface area contributed by atoms with Crippen LogP contribution in [0.4, 0.5) is 0 Å². The number of aliphatic hydroxyl groups is 3.